The van der Waals surface area contributed by atoms with Crippen LogP contribution in [0.4, 0.5) is 5.82 Å². The van der Waals surface area contributed by atoms with Gasteiger partial charge in [-0.05, 0) is 26.7 Å². The van der Waals surface area contributed by atoms with Gasteiger partial charge in [0.05, 0.1) is 7.11 Å². The molecule has 2 rings (SSSR count). The van der Waals surface area contributed by atoms with Gasteiger partial charge in [0.15, 0.2) is 0 Å². The molecule has 0 unspecified atom stereocenters. The summed E-state index contributed by atoms with van der Waals surface area (Å²) in [6.45, 7) is 4.03. The third-order valence-corrected chi connectivity index (χ3v) is 3.36. The summed E-state index contributed by atoms with van der Waals surface area (Å²) in [5.74, 6) is 0.312. The molecule has 1 aliphatic rings. The highest BCUT2D eigenvalue weighted by molar-refractivity contribution is 5.85. The van der Waals surface area contributed by atoms with Crippen molar-refractivity contribution >= 4 is 11.8 Å². The number of methoxy groups -OCH3 is 1. The van der Waals surface area contributed by atoms with Crippen LogP contribution in [0, 0.1) is 6.92 Å². The molecule has 1 saturated carbocycles. The highest BCUT2D eigenvalue weighted by Gasteiger charge is 2.29. The number of hydrogen-bond acceptors (Lipinski definition) is 5. The van der Waals surface area contributed by atoms with Crippen molar-refractivity contribution in [3.8, 4) is 0 Å². The monoisotopic (exact) mass is 249 g/mol. The van der Waals surface area contributed by atoms with Gasteiger partial charge in [-0.1, -0.05) is 12.8 Å². The number of aryl methyl sites for hydroxylation is 1. The van der Waals surface area contributed by atoms with Crippen molar-refractivity contribution in [2.75, 3.05) is 12.4 Å². The zero-order valence-corrected chi connectivity index (χ0v) is 11.1. The maximum absolute atomic E-state index is 11.5. The standard InChI is InChI=1S/C13H19N3O2/c1-9-8-10(15-11(14-9)12(17)18-3)16-13(2)6-4-5-7-13/h8H,4-7H2,1-3H3,(H,14,15,16). The van der Waals surface area contributed by atoms with E-state index in [1.807, 2.05) is 13.0 Å². The molecule has 1 aromatic heterocycles. The summed E-state index contributed by atoms with van der Waals surface area (Å²) in [5, 5.41) is 3.42. The number of hydrogen-bond donors (Lipinski definition) is 1. The summed E-state index contributed by atoms with van der Waals surface area (Å²) in [6.07, 6.45) is 4.72. The van der Waals surface area contributed by atoms with Gasteiger partial charge in [0.25, 0.3) is 0 Å². The van der Waals surface area contributed by atoms with Crippen molar-refractivity contribution in [3.63, 3.8) is 0 Å². The van der Waals surface area contributed by atoms with E-state index in [9.17, 15) is 4.79 Å². The third-order valence-electron chi connectivity index (χ3n) is 3.36. The fourth-order valence-electron chi connectivity index (χ4n) is 2.40. The number of carbonyl (C=O) groups is 1. The summed E-state index contributed by atoms with van der Waals surface area (Å²) >= 11 is 0. The molecule has 0 radical (unpaired) electrons. The average molecular weight is 249 g/mol. The van der Waals surface area contributed by atoms with Crippen LogP contribution in [0.5, 0.6) is 0 Å². The smallest absolute Gasteiger partial charge is 0.376 e. The molecule has 1 aliphatic carbocycles. The Morgan fingerprint density at radius 2 is 2.06 bits per heavy atom. The van der Waals surface area contributed by atoms with Gasteiger partial charge in [-0.2, -0.15) is 0 Å². The number of carbonyl (C=O) groups excluding carboxylic acids is 1. The molecule has 5 heteroatoms. The Morgan fingerprint density at radius 3 is 2.67 bits per heavy atom. The summed E-state index contributed by atoms with van der Waals surface area (Å²) in [7, 11) is 1.33. The topological polar surface area (TPSA) is 64.1 Å². The molecule has 1 heterocycles. The van der Waals surface area contributed by atoms with Crippen LogP contribution >= 0.6 is 0 Å². The molecule has 1 fully saturated rings. The Balaban J connectivity index is 2.22. The van der Waals surface area contributed by atoms with E-state index < -0.39 is 5.97 Å². The first-order chi connectivity index (χ1) is 8.52. The zero-order valence-electron chi connectivity index (χ0n) is 11.1. The molecule has 0 amide bonds. The summed E-state index contributed by atoms with van der Waals surface area (Å²) in [5.41, 5.74) is 0.836. The van der Waals surface area contributed by atoms with E-state index in [4.69, 9.17) is 0 Å². The Hall–Kier alpha value is -1.65. The fourth-order valence-corrected chi connectivity index (χ4v) is 2.40. The molecular formula is C13H19N3O2. The van der Waals surface area contributed by atoms with Gasteiger partial charge in [0.1, 0.15) is 5.82 Å². The number of anilines is 1. The second-order valence-corrected chi connectivity index (χ2v) is 5.10. The largest absolute Gasteiger partial charge is 0.463 e. The Labute approximate surface area is 107 Å². The van der Waals surface area contributed by atoms with Crippen LogP contribution < -0.4 is 5.32 Å². The maximum Gasteiger partial charge on any atom is 0.376 e. The molecule has 1 aromatic rings. The summed E-state index contributed by atoms with van der Waals surface area (Å²) < 4.78 is 4.65. The van der Waals surface area contributed by atoms with Gasteiger partial charge in [-0.25, -0.2) is 14.8 Å². The van der Waals surface area contributed by atoms with Crippen LogP contribution in [0.25, 0.3) is 0 Å². The second kappa shape index (κ2) is 4.92. The van der Waals surface area contributed by atoms with E-state index >= 15 is 0 Å². The average Bonchev–Trinajstić information content (AvgIpc) is 2.73. The van der Waals surface area contributed by atoms with Crippen LogP contribution in [0.2, 0.25) is 0 Å². The van der Waals surface area contributed by atoms with Gasteiger partial charge in [-0.3, -0.25) is 0 Å². The highest BCUT2D eigenvalue weighted by Crippen LogP contribution is 2.32. The van der Waals surface area contributed by atoms with E-state index in [2.05, 4.69) is 26.9 Å². The predicted octanol–water partition coefficient (Wildman–Crippen LogP) is 2.32. The lowest BCUT2D eigenvalue weighted by atomic mass is 10.0. The maximum atomic E-state index is 11.5. The number of nitrogens with zero attached hydrogens (tertiary/aromatic N) is 2. The molecule has 18 heavy (non-hydrogen) atoms. The Bertz CT molecular complexity index is 454. The minimum atomic E-state index is -0.502. The first kappa shape index (κ1) is 12.8. The second-order valence-electron chi connectivity index (χ2n) is 5.10. The highest BCUT2D eigenvalue weighted by atomic mass is 16.5. The fraction of sp³-hybridized carbons (Fsp3) is 0.615. The van der Waals surface area contributed by atoms with Crippen molar-refractivity contribution in [1.29, 1.82) is 0 Å². The van der Waals surface area contributed by atoms with Crippen LogP contribution in [0.3, 0.4) is 0 Å². The lowest BCUT2D eigenvalue weighted by Crippen LogP contribution is -2.31. The number of aromatic nitrogens is 2. The van der Waals surface area contributed by atoms with Gasteiger partial charge in [0.2, 0.25) is 5.82 Å². The minimum absolute atomic E-state index is 0.0776. The van der Waals surface area contributed by atoms with Gasteiger partial charge in [-0.15, -0.1) is 0 Å². The number of nitrogens with one attached hydrogen (secondary N) is 1. The quantitative estimate of drug-likeness (QED) is 0.833. The lowest BCUT2D eigenvalue weighted by Gasteiger charge is -2.26. The molecular weight excluding hydrogens is 230 g/mol. The molecule has 0 bridgehead atoms. The molecule has 5 nitrogen and oxygen atoms in total. The van der Waals surface area contributed by atoms with E-state index in [1.165, 1.54) is 20.0 Å². The number of esters is 1. The van der Waals surface area contributed by atoms with Crippen molar-refractivity contribution in [1.82, 2.24) is 9.97 Å². The normalized spacial score (nSPS) is 17.5. The van der Waals surface area contributed by atoms with Crippen molar-refractivity contribution in [2.24, 2.45) is 0 Å². The van der Waals surface area contributed by atoms with Crippen LogP contribution in [0.15, 0.2) is 6.07 Å². The van der Waals surface area contributed by atoms with Gasteiger partial charge in [0, 0.05) is 17.3 Å². The predicted molar refractivity (Wildman–Crippen MR) is 68.6 cm³/mol. The Kier molecular flexibility index (Phi) is 3.50. The van der Waals surface area contributed by atoms with E-state index in [-0.39, 0.29) is 11.4 Å². The lowest BCUT2D eigenvalue weighted by molar-refractivity contribution is 0.0586. The van der Waals surface area contributed by atoms with Crippen molar-refractivity contribution in [2.45, 2.75) is 45.1 Å². The van der Waals surface area contributed by atoms with Crippen molar-refractivity contribution < 1.29 is 9.53 Å². The SMILES string of the molecule is COC(=O)c1nc(C)cc(NC2(C)CCCC2)n1. The first-order valence-corrected chi connectivity index (χ1v) is 6.25. The van der Waals surface area contributed by atoms with E-state index in [1.54, 1.807) is 0 Å². The molecule has 98 valence electrons. The molecule has 0 aliphatic heterocycles. The molecule has 0 aromatic carbocycles. The zero-order chi connectivity index (χ0) is 13.2. The van der Waals surface area contributed by atoms with Crippen LogP contribution in [-0.4, -0.2) is 28.6 Å². The number of ether oxygens (including phenoxy) is 1. The van der Waals surface area contributed by atoms with Crippen molar-refractivity contribution in [3.05, 3.63) is 17.6 Å². The molecule has 1 N–H and O–H groups in total. The van der Waals surface area contributed by atoms with Crippen LogP contribution in [-0.2, 0) is 4.74 Å². The van der Waals surface area contributed by atoms with E-state index in [0.29, 0.717) is 5.82 Å². The first-order valence-electron chi connectivity index (χ1n) is 6.25. The third kappa shape index (κ3) is 2.78. The summed E-state index contributed by atoms with van der Waals surface area (Å²) in [4.78, 5) is 19.8. The molecule has 0 saturated heterocycles. The minimum Gasteiger partial charge on any atom is -0.463 e. The number of rotatable bonds is 3. The van der Waals surface area contributed by atoms with Gasteiger partial charge >= 0.3 is 5.97 Å². The van der Waals surface area contributed by atoms with E-state index in [0.717, 1.165) is 18.5 Å². The van der Waals surface area contributed by atoms with Crippen LogP contribution in [0.1, 0.15) is 48.9 Å². The molecule has 0 atom stereocenters. The molecule has 0 spiro atoms. The summed E-state index contributed by atoms with van der Waals surface area (Å²) in [6, 6.07) is 1.86. The Morgan fingerprint density at radius 1 is 1.39 bits per heavy atom. The van der Waals surface area contributed by atoms with Gasteiger partial charge < -0.3 is 10.1 Å².